The van der Waals surface area contributed by atoms with Crippen molar-refractivity contribution in [2.75, 3.05) is 18.8 Å². The molecule has 5 nitrogen and oxygen atoms in total. The Bertz CT molecular complexity index is 636. The minimum absolute atomic E-state index is 0.0942. The van der Waals surface area contributed by atoms with Gasteiger partial charge in [-0.25, -0.2) is 0 Å². The third-order valence-electron chi connectivity index (χ3n) is 2.84. The van der Waals surface area contributed by atoms with Crippen LogP contribution in [0.1, 0.15) is 16.6 Å². The zero-order valence-electron chi connectivity index (χ0n) is 10.6. The number of hydrogen-bond acceptors (Lipinski definition) is 4. The predicted molar refractivity (Wildman–Crippen MR) is 77.0 cm³/mol. The van der Waals surface area contributed by atoms with E-state index in [1.807, 2.05) is 24.3 Å². The summed E-state index contributed by atoms with van der Waals surface area (Å²) in [5, 5.41) is 0.867. The number of carbonyl (C=O) groups excluding carboxylic acids is 2. The lowest BCUT2D eigenvalue weighted by atomic mass is 10.2. The monoisotopic (exact) mass is 277 g/mol. The van der Waals surface area contributed by atoms with E-state index in [1.165, 1.54) is 16.2 Å². The number of benzene rings is 1. The van der Waals surface area contributed by atoms with Gasteiger partial charge < -0.3 is 16.4 Å². The van der Waals surface area contributed by atoms with Crippen LogP contribution in [0, 0.1) is 0 Å². The summed E-state index contributed by atoms with van der Waals surface area (Å²) in [4.78, 5) is 25.2. The molecule has 100 valence electrons. The number of hydrogen-bond donors (Lipinski definition) is 2. The van der Waals surface area contributed by atoms with E-state index in [0.29, 0.717) is 17.1 Å². The molecule has 0 aliphatic rings. The Morgan fingerprint density at radius 3 is 2.58 bits per heavy atom. The lowest BCUT2D eigenvalue weighted by molar-refractivity contribution is -0.118. The summed E-state index contributed by atoms with van der Waals surface area (Å²) in [6.07, 6.45) is 0. The van der Waals surface area contributed by atoms with Crippen LogP contribution in [0.25, 0.3) is 10.1 Å². The number of likely N-dealkylation sites (N-methyl/N-ethyl adjacent to an activating group) is 1. The molecule has 0 saturated carbocycles. The number of carbonyl (C=O) groups is 2. The first-order valence-corrected chi connectivity index (χ1v) is 6.70. The number of nitrogen functional groups attached to an aromatic ring is 1. The number of primary amides is 1. The normalized spacial score (nSPS) is 10.6. The average Bonchev–Trinajstić information content (AvgIpc) is 2.73. The van der Waals surface area contributed by atoms with Crippen molar-refractivity contribution in [2.24, 2.45) is 5.73 Å². The summed E-state index contributed by atoms with van der Waals surface area (Å²) in [5.41, 5.74) is 11.6. The van der Waals surface area contributed by atoms with Crippen molar-refractivity contribution in [1.82, 2.24) is 4.90 Å². The van der Waals surface area contributed by atoms with Crippen molar-refractivity contribution in [2.45, 2.75) is 6.92 Å². The van der Waals surface area contributed by atoms with Crippen molar-refractivity contribution in [3.8, 4) is 0 Å². The molecule has 0 bridgehead atoms. The molecule has 1 heterocycles. The highest BCUT2D eigenvalue weighted by Gasteiger charge is 2.21. The molecule has 2 aromatic rings. The number of thiophene rings is 1. The van der Waals surface area contributed by atoms with Gasteiger partial charge in [0.05, 0.1) is 12.2 Å². The molecule has 0 radical (unpaired) electrons. The van der Waals surface area contributed by atoms with Crippen LogP contribution in [0.4, 0.5) is 5.69 Å². The Morgan fingerprint density at radius 1 is 1.32 bits per heavy atom. The lowest BCUT2D eigenvalue weighted by Gasteiger charge is -2.18. The summed E-state index contributed by atoms with van der Waals surface area (Å²) in [5.74, 6) is -0.783. The van der Waals surface area contributed by atoms with Crippen LogP contribution in [0.15, 0.2) is 24.3 Å². The molecule has 6 heteroatoms. The topological polar surface area (TPSA) is 89.4 Å². The third-order valence-corrected chi connectivity index (χ3v) is 4.02. The van der Waals surface area contributed by atoms with Gasteiger partial charge in [0.2, 0.25) is 5.91 Å². The number of nitrogens with zero attached hydrogens (tertiary/aromatic N) is 1. The first-order chi connectivity index (χ1) is 9.04. The van der Waals surface area contributed by atoms with Crippen molar-refractivity contribution < 1.29 is 9.59 Å². The number of rotatable bonds is 4. The molecular formula is C13H15N3O2S. The minimum atomic E-state index is -0.533. The van der Waals surface area contributed by atoms with Crippen molar-refractivity contribution in [3.05, 3.63) is 29.1 Å². The molecule has 0 atom stereocenters. The van der Waals surface area contributed by atoms with Crippen molar-refractivity contribution >= 4 is 38.9 Å². The maximum atomic E-state index is 12.4. The van der Waals surface area contributed by atoms with Gasteiger partial charge in [-0.1, -0.05) is 18.2 Å². The Kier molecular flexibility index (Phi) is 3.71. The molecule has 19 heavy (non-hydrogen) atoms. The van der Waals surface area contributed by atoms with E-state index in [0.717, 1.165) is 10.1 Å². The van der Waals surface area contributed by atoms with E-state index in [9.17, 15) is 9.59 Å². The average molecular weight is 277 g/mol. The van der Waals surface area contributed by atoms with Gasteiger partial charge in [0.1, 0.15) is 4.88 Å². The molecule has 0 saturated heterocycles. The Morgan fingerprint density at radius 2 is 2.00 bits per heavy atom. The molecule has 1 aromatic heterocycles. The minimum Gasteiger partial charge on any atom is -0.397 e. The fraction of sp³-hybridized carbons (Fsp3) is 0.231. The summed E-state index contributed by atoms with van der Waals surface area (Å²) in [7, 11) is 0. The van der Waals surface area contributed by atoms with E-state index < -0.39 is 5.91 Å². The first kappa shape index (κ1) is 13.4. The summed E-state index contributed by atoms with van der Waals surface area (Å²) >= 11 is 1.33. The number of amides is 2. The van der Waals surface area contributed by atoms with Gasteiger partial charge in [0, 0.05) is 16.6 Å². The summed E-state index contributed by atoms with van der Waals surface area (Å²) < 4.78 is 0.957. The van der Waals surface area contributed by atoms with Gasteiger partial charge >= 0.3 is 0 Å². The zero-order chi connectivity index (χ0) is 14.0. The summed E-state index contributed by atoms with van der Waals surface area (Å²) in [6, 6.07) is 7.56. The van der Waals surface area contributed by atoms with Crippen LogP contribution < -0.4 is 11.5 Å². The van der Waals surface area contributed by atoms with Gasteiger partial charge in [-0.3, -0.25) is 9.59 Å². The summed E-state index contributed by atoms with van der Waals surface area (Å²) in [6.45, 7) is 2.11. The van der Waals surface area contributed by atoms with E-state index >= 15 is 0 Å². The fourth-order valence-electron chi connectivity index (χ4n) is 1.88. The maximum absolute atomic E-state index is 12.4. The molecule has 4 N–H and O–H groups in total. The van der Waals surface area contributed by atoms with Gasteiger partial charge in [-0.15, -0.1) is 11.3 Å². The van der Waals surface area contributed by atoms with Crippen LogP contribution in [-0.2, 0) is 4.79 Å². The van der Waals surface area contributed by atoms with Gasteiger partial charge in [0.25, 0.3) is 5.91 Å². The maximum Gasteiger partial charge on any atom is 0.266 e. The van der Waals surface area contributed by atoms with Crippen LogP contribution in [-0.4, -0.2) is 29.8 Å². The van der Waals surface area contributed by atoms with Gasteiger partial charge in [-0.05, 0) is 13.0 Å². The quantitative estimate of drug-likeness (QED) is 0.886. The standard InChI is InChI=1S/C13H15N3O2S/c1-2-16(7-10(14)17)13(18)12-11(15)8-5-3-4-6-9(8)19-12/h3-6H,2,7,15H2,1H3,(H2,14,17). The molecule has 0 unspecified atom stereocenters. The van der Waals surface area contributed by atoms with E-state index in [1.54, 1.807) is 6.92 Å². The molecule has 2 amide bonds. The van der Waals surface area contributed by atoms with E-state index in [4.69, 9.17) is 11.5 Å². The zero-order valence-corrected chi connectivity index (χ0v) is 11.4. The van der Waals surface area contributed by atoms with Crippen molar-refractivity contribution in [1.29, 1.82) is 0 Å². The largest absolute Gasteiger partial charge is 0.397 e. The second kappa shape index (κ2) is 5.27. The van der Waals surface area contributed by atoms with Crippen molar-refractivity contribution in [3.63, 3.8) is 0 Å². The smallest absolute Gasteiger partial charge is 0.266 e. The fourth-order valence-corrected chi connectivity index (χ4v) is 2.97. The van der Waals surface area contributed by atoms with Crippen LogP contribution in [0.3, 0.4) is 0 Å². The predicted octanol–water partition coefficient (Wildman–Crippen LogP) is 1.43. The number of nitrogens with two attached hydrogens (primary N) is 2. The first-order valence-electron chi connectivity index (χ1n) is 5.89. The highest BCUT2D eigenvalue weighted by molar-refractivity contribution is 7.21. The number of fused-ring (bicyclic) bond motifs is 1. The highest BCUT2D eigenvalue weighted by atomic mass is 32.1. The molecular weight excluding hydrogens is 262 g/mol. The highest BCUT2D eigenvalue weighted by Crippen LogP contribution is 2.34. The van der Waals surface area contributed by atoms with Crippen LogP contribution in [0.5, 0.6) is 0 Å². The SMILES string of the molecule is CCN(CC(N)=O)C(=O)c1sc2ccccc2c1N. The molecule has 2 rings (SSSR count). The Balaban J connectivity index is 2.40. The molecule has 0 fully saturated rings. The van der Waals surface area contributed by atoms with Gasteiger partial charge in [0.15, 0.2) is 0 Å². The molecule has 0 aliphatic heterocycles. The van der Waals surface area contributed by atoms with E-state index in [2.05, 4.69) is 0 Å². The molecule has 1 aromatic carbocycles. The van der Waals surface area contributed by atoms with Crippen LogP contribution in [0.2, 0.25) is 0 Å². The molecule has 0 aliphatic carbocycles. The second-order valence-corrected chi connectivity index (χ2v) is 5.18. The lowest BCUT2D eigenvalue weighted by Crippen LogP contribution is -2.38. The van der Waals surface area contributed by atoms with Gasteiger partial charge in [-0.2, -0.15) is 0 Å². The Hall–Kier alpha value is -2.08. The second-order valence-electron chi connectivity index (χ2n) is 4.13. The Labute approximate surface area is 114 Å². The van der Waals surface area contributed by atoms with E-state index in [-0.39, 0.29) is 12.5 Å². The molecule has 0 spiro atoms. The van der Waals surface area contributed by atoms with Crippen LogP contribution >= 0.6 is 11.3 Å². The third kappa shape index (κ3) is 2.53. The number of anilines is 1.